The summed E-state index contributed by atoms with van der Waals surface area (Å²) < 4.78 is 0. The Morgan fingerprint density at radius 3 is 2.80 bits per heavy atom. The van der Waals surface area contributed by atoms with Gasteiger partial charge in [0.25, 0.3) is 0 Å². The number of aromatic amines is 1. The quantitative estimate of drug-likeness (QED) is 0.794. The van der Waals surface area contributed by atoms with Crippen molar-refractivity contribution in [1.29, 1.82) is 0 Å². The summed E-state index contributed by atoms with van der Waals surface area (Å²) in [6.07, 6.45) is 8.01. The molecule has 1 fully saturated rings. The van der Waals surface area contributed by atoms with E-state index in [1.165, 1.54) is 32.1 Å². The summed E-state index contributed by atoms with van der Waals surface area (Å²) in [5.74, 6) is 2.48. The maximum atomic E-state index is 8.72. The SMILES string of the molecule is OCCCc1nc(C2CCCCC2)n[nH]1. The van der Waals surface area contributed by atoms with E-state index in [-0.39, 0.29) is 6.61 Å². The fourth-order valence-electron chi connectivity index (χ4n) is 2.21. The zero-order chi connectivity index (χ0) is 10.5. The number of H-pyrrole nitrogens is 1. The number of aliphatic hydroxyl groups is 1. The zero-order valence-corrected chi connectivity index (χ0v) is 9.08. The highest BCUT2D eigenvalue weighted by atomic mass is 16.2. The van der Waals surface area contributed by atoms with Crippen LogP contribution in [0.2, 0.25) is 0 Å². The second-order valence-corrected chi connectivity index (χ2v) is 4.30. The highest BCUT2D eigenvalue weighted by molar-refractivity contribution is 4.99. The number of aromatic nitrogens is 3. The van der Waals surface area contributed by atoms with Crippen molar-refractivity contribution in [2.45, 2.75) is 50.9 Å². The van der Waals surface area contributed by atoms with Gasteiger partial charge in [-0.1, -0.05) is 19.3 Å². The van der Waals surface area contributed by atoms with Gasteiger partial charge in [0.05, 0.1) is 0 Å². The van der Waals surface area contributed by atoms with Crippen molar-refractivity contribution in [3.05, 3.63) is 11.6 Å². The standard InChI is InChI=1S/C11H19N3O/c15-8-4-7-10-12-11(14-13-10)9-5-2-1-3-6-9/h9,15H,1-8H2,(H,12,13,14). The molecule has 0 bridgehead atoms. The molecule has 0 radical (unpaired) electrons. The molecule has 0 amide bonds. The van der Waals surface area contributed by atoms with Gasteiger partial charge in [0, 0.05) is 18.9 Å². The van der Waals surface area contributed by atoms with Crippen LogP contribution in [0.1, 0.15) is 56.1 Å². The molecule has 0 saturated heterocycles. The molecule has 15 heavy (non-hydrogen) atoms. The highest BCUT2D eigenvalue weighted by Crippen LogP contribution is 2.30. The van der Waals surface area contributed by atoms with Gasteiger partial charge in [0.2, 0.25) is 0 Å². The van der Waals surface area contributed by atoms with E-state index in [0.717, 1.165) is 24.5 Å². The van der Waals surface area contributed by atoms with Crippen LogP contribution in [0, 0.1) is 0 Å². The van der Waals surface area contributed by atoms with E-state index in [0.29, 0.717) is 5.92 Å². The van der Waals surface area contributed by atoms with Gasteiger partial charge in [0.15, 0.2) is 5.82 Å². The molecule has 1 saturated carbocycles. The molecule has 1 aromatic rings. The molecule has 1 heterocycles. The van der Waals surface area contributed by atoms with Gasteiger partial charge in [-0.15, -0.1) is 0 Å². The summed E-state index contributed by atoms with van der Waals surface area (Å²) >= 11 is 0. The number of rotatable bonds is 4. The molecule has 0 unspecified atom stereocenters. The molecule has 0 aromatic carbocycles. The average Bonchev–Trinajstić information content (AvgIpc) is 2.76. The van der Waals surface area contributed by atoms with Crippen LogP contribution >= 0.6 is 0 Å². The maximum absolute atomic E-state index is 8.72. The van der Waals surface area contributed by atoms with Gasteiger partial charge in [-0.3, -0.25) is 5.10 Å². The van der Waals surface area contributed by atoms with E-state index in [9.17, 15) is 0 Å². The van der Waals surface area contributed by atoms with Crippen LogP contribution in [0.4, 0.5) is 0 Å². The monoisotopic (exact) mass is 209 g/mol. The van der Waals surface area contributed by atoms with Crippen LogP contribution < -0.4 is 0 Å². The molecule has 1 aliphatic rings. The summed E-state index contributed by atoms with van der Waals surface area (Å²) in [5.41, 5.74) is 0. The number of aliphatic hydroxyl groups excluding tert-OH is 1. The third-order valence-electron chi connectivity index (χ3n) is 3.09. The summed E-state index contributed by atoms with van der Waals surface area (Å²) in [4.78, 5) is 4.49. The molecule has 1 aromatic heterocycles. The minimum Gasteiger partial charge on any atom is -0.396 e. The van der Waals surface area contributed by atoms with E-state index in [2.05, 4.69) is 15.2 Å². The Morgan fingerprint density at radius 1 is 1.27 bits per heavy atom. The summed E-state index contributed by atoms with van der Waals surface area (Å²) in [6.45, 7) is 0.222. The molecule has 84 valence electrons. The van der Waals surface area contributed by atoms with Crippen molar-refractivity contribution in [2.24, 2.45) is 0 Å². The maximum Gasteiger partial charge on any atom is 0.153 e. The first-order valence-corrected chi connectivity index (χ1v) is 5.92. The second-order valence-electron chi connectivity index (χ2n) is 4.30. The molecule has 2 rings (SSSR count). The summed E-state index contributed by atoms with van der Waals surface area (Å²) in [6, 6.07) is 0. The Morgan fingerprint density at radius 2 is 2.07 bits per heavy atom. The van der Waals surface area contributed by atoms with Crippen LogP contribution in [-0.2, 0) is 6.42 Å². The normalized spacial score (nSPS) is 18.2. The van der Waals surface area contributed by atoms with Crippen molar-refractivity contribution >= 4 is 0 Å². The third-order valence-corrected chi connectivity index (χ3v) is 3.09. The fraction of sp³-hybridized carbons (Fsp3) is 0.818. The summed E-state index contributed by atoms with van der Waals surface area (Å²) in [7, 11) is 0. The Balaban J connectivity index is 1.93. The lowest BCUT2D eigenvalue weighted by molar-refractivity contribution is 0.287. The zero-order valence-electron chi connectivity index (χ0n) is 9.08. The van der Waals surface area contributed by atoms with Crippen LogP contribution in [0.25, 0.3) is 0 Å². The molecular weight excluding hydrogens is 190 g/mol. The van der Waals surface area contributed by atoms with E-state index in [1.54, 1.807) is 0 Å². The molecule has 0 atom stereocenters. The average molecular weight is 209 g/mol. The smallest absolute Gasteiger partial charge is 0.153 e. The van der Waals surface area contributed by atoms with Crippen molar-refractivity contribution in [1.82, 2.24) is 15.2 Å². The van der Waals surface area contributed by atoms with Gasteiger partial charge in [-0.2, -0.15) is 5.10 Å². The minimum atomic E-state index is 0.222. The van der Waals surface area contributed by atoms with Gasteiger partial charge < -0.3 is 5.11 Å². The van der Waals surface area contributed by atoms with Crippen molar-refractivity contribution < 1.29 is 5.11 Å². The van der Waals surface area contributed by atoms with Gasteiger partial charge in [-0.05, 0) is 19.3 Å². The van der Waals surface area contributed by atoms with Crippen LogP contribution in [0.3, 0.4) is 0 Å². The van der Waals surface area contributed by atoms with Crippen molar-refractivity contribution in [3.63, 3.8) is 0 Å². The van der Waals surface area contributed by atoms with Crippen molar-refractivity contribution in [2.75, 3.05) is 6.61 Å². The fourth-order valence-corrected chi connectivity index (χ4v) is 2.21. The molecule has 4 heteroatoms. The molecular formula is C11H19N3O. The Labute approximate surface area is 90.1 Å². The van der Waals surface area contributed by atoms with Crippen LogP contribution in [0.15, 0.2) is 0 Å². The third kappa shape index (κ3) is 2.78. The second kappa shape index (κ2) is 5.26. The Kier molecular flexibility index (Phi) is 3.72. The molecule has 2 N–H and O–H groups in total. The molecule has 0 spiro atoms. The number of hydrogen-bond acceptors (Lipinski definition) is 3. The number of nitrogens with zero attached hydrogens (tertiary/aromatic N) is 2. The van der Waals surface area contributed by atoms with E-state index < -0.39 is 0 Å². The first kappa shape index (κ1) is 10.6. The first-order chi connectivity index (χ1) is 7.40. The van der Waals surface area contributed by atoms with Crippen LogP contribution in [-0.4, -0.2) is 26.9 Å². The Hall–Kier alpha value is -0.900. The lowest BCUT2D eigenvalue weighted by atomic mass is 9.89. The largest absolute Gasteiger partial charge is 0.396 e. The Bertz CT molecular complexity index is 292. The predicted octanol–water partition coefficient (Wildman–Crippen LogP) is 1.78. The van der Waals surface area contributed by atoms with Crippen LogP contribution in [0.5, 0.6) is 0 Å². The van der Waals surface area contributed by atoms with Gasteiger partial charge >= 0.3 is 0 Å². The number of hydrogen-bond donors (Lipinski definition) is 2. The number of nitrogens with one attached hydrogen (secondary N) is 1. The minimum absolute atomic E-state index is 0.222. The topological polar surface area (TPSA) is 61.8 Å². The first-order valence-electron chi connectivity index (χ1n) is 5.92. The van der Waals surface area contributed by atoms with E-state index in [1.807, 2.05) is 0 Å². The molecule has 0 aliphatic heterocycles. The van der Waals surface area contributed by atoms with Crippen molar-refractivity contribution in [3.8, 4) is 0 Å². The highest BCUT2D eigenvalue weighted by Gasteiger charge is 2.19. The molecule has 4 nitrogen and oxygen atoms in total. The number of aryl methyl sites for hydroxylation is 1. The summed E-state index contributed by atoms with van der Waals surface area (Å²) in [5, 5.41) is 16.0. The lowest BCUT2D eigenvalue weighted by Gasteiger charge is -2.17. The van der Waals surface area contributed by atoms with E-state index >= 15 is 0 Å². The lowest BCUT2D eigenvalue weighted by Crippen LogP contribution is -2.06. The van der Waals surface area contributed by atoms with Gasteiger partial charge in [0.1, 0.15) is 5.82 Å². The van der Waals surface area contributed by atoms with E-state index in [4.69, 9.17) is 5.11 Å². The predicted molar refractivity (Wildman–Crippen MR) is 57.6 cm³/mol. The van der Waals surface area contributed by atoms with Gasteiger partial charge in [-0.25, -0.2) is 4.98 Å². The molecule has 1 aliphatic carbocycles.